The number of amides is 1. The van der Waals surface area contributed by atoms with Gasteiger partial charge in [-0.05, 0) is 39.8 Å². The molecule has 1 rings (SSSR count). The van der Waals surface area contributed by atoms with E-state index in [0.29, 0.717) is 12.1 Å². The summed E-state index contributed by atoms with van der Waals surface area (Å²) in [7, 11) is 0. The van der Waals surface area contributed by atoms with Gasteiger partial charge in [0.2, 0.25) is 5.91 Å². The molecule has 9 heteroatoms. The zero-order valence-corrected chi connectivity index (χ0v) is 14.8. The smallest absolute Gasteiger partial charge is 0.416 e. The van der Waals surface area contributed by atoms with E-state index in [4.69, 9.17) is 0 Å². The Morgan fingerprint density at radius 3 is 2.21 bits per heavy atom. The van der Waals surface area contributed by atoms with Gasteiger partial charge in [-0.25, -0.2) is 4.39 Å². The van der Waals surface area contributed by atoms with E-state index in [2.05, 4.69) is 4.72 Å². The van der Waals surface area contributed by atoms with Crippen LogP contribution in [0.1, 0.15) is 51.8 Å². The van der Waals surface area contributed by atoms with Gasteiger partial charge < -0.3 is 9.87 Å². The Bertz CT molecular complexity index is 615. The first-order valence-electron chi connectivity index (χ1n) is 7.09. The van der Waals surface area contributed by atoms with E-state index < -0.39 is 51.3 Å². The van der Waals surface area contributed by atoms with Crippen LogP contribution in [-0.4, -0.2) is 15.2 Å². The second-order valence-corrected chi connectivity index (χ2v) is 8.32. The summed E-state index contributed by atoms with van der Waals surface area (Å²) in [6, 6.07) is 0.228. The van der Waals surface area contributed by atoms with Crippen LogP contribution in [0.5, 0.6) is 0 Å². The van der Waals surface area contributed by atoms with Gasteiger partial charge in [-0.2, -0.15) is 13.2 Å². The Kier molecular flexibility index (Phi) is 6.29. The third kappa shape index (κ3) is 5.35. The lowest BCUT2D eigenvalue weighted by Crippen LogP contribution is -2.40. The van der Waals surface area contributed by atoms with Gasteiger partial charge >= 0.3 is 6.18 Å². The first-order chi connectivity index (χ1) is 10.7. The molecular weight excluding hydrogens is 348 g/mol. The normalized spacial score (nSPS) is 15.1. The molecule has 0 spiro atoms. The molecule has 0 saturated heterocycles. The summed E-state index contributed by atoms with van der Waals surface area (Å²) in [5, 5.41) is 2.05. The maximum absolute atomic E-state index is 14.5. The molecule has 1 unspecified atom stereocenters. The lowest BCUT2D eigenvalue weighted by molar-refractivity contribution is -0.137. The van der Waals surface area contributed by atoms with Crippen LogP contribution in [0.15, 0.2) is 12.1 Å². The van der Waals surface area contributed by atoms with Crippen LogP contribution in [0.4, 0.5) is 23.2 Å². The fraction of sp³-hybridized carbons (Fsp3) is 0.533. The molecular formula is C15H20F4N2O2S. The van der Waals surface area contributed by atoms with E-state index in [1.165, 1.54) is 6.92 Å². The minimum Gasteiger partial charge on any atom is -0.598 e. The summed E-state index contributed by atoms with van der Waals surface area (Å²) in [4.78, 5) is 11.1. The molecule has 0 aliphatic rings. The third-order valence-corrected chi connectivity index (χ3v) is 4.73. The molecule has 0 aliphatic heterocycles. The fourth-order valence-electron chi connectivity index (χ4n) is 1.81. The number of rotatable bonds is 4. The van der Waals surface area contributed by atoms with Crippen LogP contribution in [0, 0.1) is 5.82 Å². The first kappa shape index (κ1) is 20.7. The second kappa shape index (κ2) is 7.28. The Morgan fingerprint density at radius 1 is 1.25 bits per heavy atom. The van der Waals surface area contributed by atoms with Crippen molar-refractivity contribution in [2.75, 3.05) is 5.32 Å². The molecule has 1 aromatic rings. The molecule has 0 saturated carbocycles. The molecule has 0 bridgehead atoms. The van der Waals surface area contributed by atoms with Crippen LogP contribution in [0.3, 0.4) is 0 Å². The van der Waals surface area contributed by atoms with Crippen molar-refractivity contribution in [3.8, 4) is 0 Å². The van der Waals surface area contributed by atoms with Crippen molar-refractivity contribution in [2.45, 2.75) is 51.6 Å². The molecule has 0 aromatic heterocycles. The van der Waals surface area contributed by atoms with E-state index in [0.717, 1.165) is 6.92 Å². The van der Waals surface area contributed by atoms with E-state index in [9.17, 15) is 26.9 Å². The topological polar surface area (TPSA) is 64.2 Å². The van der Waals surface area contributed by atoms with Crippen LogP contribution in [-0.2, 0) is 22.3 Å². The highest BCUT2D eigenvalue weighted by atomic mass is 32.2. The standard InChI is InChI=1S/C15H20F4N2O2S/c1-8(21-24(23)14(3,4)5)11-6-10(15(17,18)19)7-12(13(11)16)20-9(2)22/h6-8,21H,1-5H3,(H,20,22)/t8?,24-/m1/s1. The van der Waals surface area contributed by atoms with Gasteiger partial charge in [0, 0.05) is 23.8 Å². The molecule has 2 N–H and O–H groups in total. The Morgan fingerprint density at radius 2 is 1.79 bits per heavy atom. The van der Waals surface area contributed by atoms with Gasteiger partial charge in [-0.3, -0.25) is 4.79 Å². The molecule has 2 atom stereocenters. The maximum Gasteiger partial charge on any atom is 0.416 e. The molecule has 0 radical (unpaired) electrons. The second-order valence-electron chi connectivity index (χ2n) is 6.33. The molecule has 136 valence electrons. The highest BCUT2D eigenvalue weighted by Crippen LogP contribution is 2.35. The summed E-state index contributed by atoms with van der Waals surface area (Å²) in [6.45, 7) is 7.49. The van der Waals surface area contributed by atoms with E-state index in [1.54, 1.807) is 20.8 Å². The molecule has 1 amide bonds. The van der Waals surface area contributed by atoms with Crippen LogP contribution >= 0.6 is 0 Å². The number of hydrogen-bond acceptors (Lipinski definition) is 3. The number of carbonyl (C=O) groups excluding carboxylic acids is 1. The Hall–Kier alpha value is -1.32. The highest BCUT2D eigenvalue weighted by Gasteiger charge is 2.35. The summed E-state index contributed by atoms with van der Waals surface area (Å²) in [5.74, 6) is -1.69. The average molecular weight is 368 g/mol. The molecule has 0 aliphatic carbocycles. The number of alkyl halides is 3. The van der Waals surface area contributed by atoms with Gasteiger partial charge in [0.05, 0.1) is 17.3 Å². The molecule has 0 heterocycles. The van der Waals surface area contributed by atoms with Gasteiger partial charge in [0.25, 0.3) is 0 Å². The predicted molar refractivity (Wildman–Crippen MR) is 85.2 cm³/mol. The fourth-order valence-corrected chi connectivity index (χ4v) is 2.61. The van der Waals surface area contributed by atoms with E-state index in [-0.39, 0.29) is 5.56 Å². The highest BCUT2D eigenvalue weighted by molar-refractivity contribution is 7.90. The predicted octanol–water partition coefficient (Wildman–Crippen LogP) is 3.92. The number of nitrogens with one attached hydrogen (secondary N) is 2. The van der Waals surface area contributed by atoms with Crippen molar-refractivity contribution in [1.29, 1.82) is 0 Å². The van der Waals surface area contributed by atoms with Crippen molar-refractivity contribution >= 4 is 23.0 Å². The van der Waals surface area contributed by atoms with Gasteiger partial charge in [0.1, 0.15) is 4.75 Å². The largest absolute Gasteiger partial charge is 0.598 e. The summed E-state index contributed by atoms with van der Waals surface area (Å²) >= 11 is -1.61. The number of benzene rings is 1. The van der Waals surface area contributed by atoms with Crippen molar-refractivity contribution in [2.24, 2.45) is 0 Å². The number of hydrogen-bond donors (Lipinski definition) is 2. The van der Waals surface area contributed by atoms with Gasteiger partial charge in [-0.1, -0.05) is 0 Å². The lowest BCUT2D eigenvalue weighted by Gasteiger charge is -2.27. The summed E-state index contributed by atoms with van der Waals surface area (Å²) < 4.78 is 67.5. The van der Waals surface area contributed by atoms with Crippen molar-refractivity contribution < 1.29 is 26.9 Å². The molecule has 0 fully saturated rings. The van der Waals surface area contributed by atoms with E-state index in [1.807, 2.05) is 5.32 Å². The zero-order valence-electron chi connectivity index (χ0n) is 14.0. The summed E-state index contributed by atoms with van der Waals surface area (Å²) in [6.07, 6.45) is -4.71. The minimum atomic E-state index is -4.71. The SMILES string of the molecule is CC(=O)Nc1cc(C(F)(F)F)cc(C(C)N[S@+]([O-])C(C)(C)C)c1F. The van der Waals surface area contributed by atoms with Gasteiger partial charge in [0.15, 0.2) is 5.82 Å². The summed E-state index contributed by atoms with van der Waals surface area (Å²) in [5.41, 5.74) is -1.99. The van der Waals surface area contributed by atoms with E-state index >= 15 is 0 Å². The quantitative estimate of drug-likeness (QED) is 0.625. The van der Waals surface area contributed by atoms with Gasteiger partial charge in [-0.15, -0.1) is 4.72 Å². The van der Waals surface area contributed by atoms with Crippen LogP contribution < -0.4 is 10.0 Å². The molecule has 1 aromatic carbocycles. The maximum atomic E-state index is 14.5. The number of anilines is 1. The third-order valence-electron chi connectivity index (χ3n) is 3.05. The first-order valence-corrected chi connectivity index (χ1v) is 8.24. The van der Waals surface area contributed by atoms with Crippen molar-refractivity contribution in [3.63, 3.8) is 0 Å². The minimum absolute atomic E-state index is 0.328. The monoisotopic (exact) mass is 368 g/mol. The molecule has 4 nitrogen and oxygen atoms in total. The zero-order chi connectivity index (χ0) is 18.9. The average Bonchev–Trinajstić information content (AvgIpc) is 2.37. The lowest BCUT2D eigenvalue weighted by atomic mass is 10.0. The molecule has 24 heavy (non-hydrogen) atoms. The Balaban J connectivity index is 3.32. The van der Waals surface area contributed by atoms with Crippen LogP contribution in [0.2, 0.25) is 0 Å². The van der Waals surface area contributed by atoms with Crippen molar-refractivity contribution in [1.82, 2.24) is 4.72 Å². The Labute approximate surface area is 141 Å². The number of carbonyl (C=O) groups is 1. The number of halogens is 4. The van der Waals surface area contributed by atoms with Crippen LogP contribution in [0.25, 0.3) is 0 Å². The van der Waals surface area contributed by atoms with Crippen molar-refractivity contribution in [3.05, 3.63) is 29.1 Å².